The van der Waals surface area contributed by atoms with Crippen LogP contribution in [-0.4, -0.2) is 57.7 Å². The summed E-state index contributed by atoms with van der Waals surface area (Å²) in [6.07, 6.45) is 7.60. The molecular weight excluding hydrogens is 474 g/mol. The monoisotopic (exact) mass is 510 g/mol. The zero-order valence-electron chi connectivity index (χ0n) is 21.5. The van der Waals surface area contributed by atoms with Crippen molar-refractivity contribution in [3.8, 4) is 5.88 Å². The smallest absolute Gasteiger partial charge is 0.272 e. The third kappa shape index (κ3) is 6.53. The Balaban J connectivity index is 1.06. The molecule has 0 atom stereocenters. The van der Waals surface area contributed by atoms with Crippen LogP contribution in [-0.2, 0) is 12.8 Å². The van der Waals surface area contributed by atoms with Crippen LogP contribution in [0.3, 0.4) is 0 Å². The Bertz CT molecular complexity index is 1220. The second kappa shape index (κ2) is 11.7. The third-order valence-electron chi connectivity index (χ3n) is 7.95. The number of ketones is 1. The first-order valence-corrected chi connectivity index (χ1v) is 13.5. The molecule has 0 unspecified atom stereocenters. The fourth-order valence-electron chi connectivity index (χ4n) is 5.88. The van der Waals surface area contributed by atoms with Crippen molar-refractivity contribution in [3.63, 3.8) is 0 Å². The fraction of sp³-hybridized carbons (Fsp3) is 0.552. The number of rotatable bonds is 9. The quantitative estimate of drug-likeness (QED) is 0.353. The second-order valence-corrected chi connectivity index (χ2v) is 10.6. The average Bonchev–Trinajstić information content (AvgIpc) is 3.16. The van der Waals surface area contributed by atoms with E-state index in [9.17, 15) is 13.6 Å². The summed E-state index contributed by atoms with van der Waals surface area (Å²) < 4.78 is 31.9. The minimum atomic E-state index is -2.49. The Labute approximate surface area is 217 Å². The number of imidazole rings is 1. The number of nitrogens with zero attached hydrogens (tertiary/aromatic N) is 4. The molecule has 1 fully saturated rings. The van der Waals surface area contributed by atoms with Crippen LogP contribution in [0, 0.1) is 18.8 Å². The molecule has 0 aromatic carbocycles. The summed E-state index contributed by atoms with van der Waals surface area (Å²) >= 11 is 0. The summed E-state index contributed by atoms with van der Waals surface area (Å²) in [4.78, 5) is 24.5. The maximum Gasteiger partial charge on any atom is 0.272 e. The van der Waals surface area contributed by atoms with Gasteiger partial charge in [0.2, 0.25) is 5.88 Å². The van der Waals surface area contributed by atoms with Crippen LogP contribution >= 0.6 is 0 Å². The number of halogens is 2. The van der Waals surface area contributed by atoms with Gasteiger partial charge in [-0.05, 0) is 68.7 Å². The summed E-state index contributed by atoms with van der Waals surface area (Å²) in [6, 6.07) is 9.45. The molecule has 4 heterocycles. The lowest BCUT2D eigenvalue weighted by atomic mass is 9.78. The second-order valence-electron chi connectivity index (χ2n) is 10.6. The molecule has 5 rings (SSSR count). The van der Waals surface area contributed by atoms with Gasteiger partial charge in [-0.3, -0.25) is 9.20 Å². The molecule has 3 aromatic rings. The van der Waals surface area contributed by atoms with Crippen molar-refractivity contribution in [1.29, 1.82) is 0 Å². The van der Waals surface area contributed by atoms with E-state index >= 15 is 0 Å². The van der Waals surface area contributed by atoms with E-state index in [1.54, 1.807) is 6.07 Å². The molecule has 37 heavy (non-hydrogen) atoms. The summed E-state index contributed by atoms with van der Waals surface area (Å²) in [5, 5.41) is 0. The highest BCUT2D eigenvalue weighted by atomic mass is 19.3. The molecule has 0 amide bonds. The average molecular weight is 511 g/mol. The van der Waals surface area contributed by atoms with E-state index in [4.69, 9.17) is 4.74 Å². The number of alkyl halides is 2. The van der Waals surface area contributed by atoms with Gasteiger partial charge in [0.1, 0.15) is 5.65 Å². The van der Waals surface area contributed by atoms with Gasteiger partial charge in [0, 0.05) is 43.9 Å². The zero-order chi connectivity index (χ0) is 25.8. The fourth-order valence-corrected chi connectivity index (χ4v) is 5.88. The van der Waals surface area contributed by atoms with E-state index in [2.05, 4.69) is 14.9 Å². The Kier molecular flexibility index (Phi) is 8.13. The number of carbonyl (C=O) groups excluding carboxylic acids is 1. The van der Waals surface area contributed by atoms with E-state index in [1.807, 2.05) is 41.8 Å². The molecule has 0 saturated heterocycles. The van der Waals surface area contributed by atoms with Crippen molar-refractivity contribution in [2.75, 3.05) is 26.2 Å². The summed E-state index contributed by atoms with van der Waals surface area (Å²) in [5.41, 5.74) is 4.66. The molecule has 2 aliphatic rings. The number of hydrogen-bond acceptors (Lipinski definition) is 5. The van der Waals surface area contributed by atoms with Gasteiger partial charge in [0.25, 0.3) is 6.43 Å². The van der Waals surface area contributed by atoms with E-state index < -0.39 is 13.0 Å². The maximum absolute atomic E-state index is 13.1. The number of aryl methyl sites for hydroxylation is 1. The van der Waals surface area contributed by atoms with Gasteiger partial charge in [-0.25, -0.2) is 18.7 Å². The van der Waals surface area contributed by atoms with Crippen LogP contribution in [0.15, 0.2) is 36.5 Å². The topological polar surface area (TPSA) is 59.7 Å². The standard InChI is InChI=1S/C29H36F2N4O2/c1-20-18-35-25(3-2-4-28(35)32-20)26(36)17-22-7-5-21(6-8-22)11-14-34-15-12-23-9-10-29(37-19-27(30)31)33-24(23)13-16-34/h2-4,9-10,18,21-22,27H,5-8,11-17,19H2,1H3. The van der Waals surface area contributed by atoms with Crippen LogP contribution in [0.25, 0.3) is 5.65 Å². The Hall–Kier alpha value is -2.87. The first-order chi connectivity index (χ1) is 17.9. The van der Waals surface area contributed by atoms with Gasteiger partial charge in [-0.2, -0.15) is 0 Å². The van der Waals surface area contributed by atoms with Gasteiger partial charge in [0.05, 0.1) is 11.4 Å². The summed E-state index contributed by atoms with van der Waals surface area (Å²) in [7, 11) is 0. The molecule has 0 radical (unpaired) electrons. The molecule has 8 heteroatoms. The Morgan fingerprint density at radius 2 is 1.84 bits per heavy atom. The molecule has 1 aliphatic heterocycles. The van der Waals surface area contributed by atoms with E-state index in [1.165, 1.54) is 24.8 Å². The number of hydrogen-bond donors (Lipinski definition) is 0. The zero-order valence-corrected chi connectivity index (χ0v) is 21.5. The van der Waals surface area contributed by atoms with Crippen LogP contribution in [0.4, 0.5) is 8.78 Å². The number of fused-ring (bicyclic) bond motifs is 2. The van der Waals surface area contributed by atoms with Crippen molar-refractivity contribution in [1.82, 2.24) is 19.3 Å². The van der Waals surface area contributed by atoms with E-state index in [0.717, 1.165) is 68.0 Å². The minimum absolute atomic E-state index is 0.215. The maximum atomic E-state index is 13.1. The third-order valence-corrected chi connectivity index (χ3v) is 7.95. The van der Waals surface area contributed by atoms with Gasteiger partial charge < -0.3 is 9.64 Å². The van der Waals surface area contributed by atoms with Crippen molar-refractivity contribution in [3.05, 3.63) is 59.2 Å². The highest BCUT2D eigenvalue weighted by Gasteiger charge is 2.25. The lowest BCUT2D eigenvalue weighted by Crippen LogP contribution is -2.29. The van der Waals surface area contributed by atoms with Crippen molar-refractivity contribution in [2.24, 2.45) is 11.8 Å². The van der Waals surface area contributed by atoms with E-state index in [-0.39, 0.29) is 5.78 Å². The normalized spacial score (nSPS) is 20.6. The Morgan fingerprint density at radius 1 is 1.05 bits per heavy atom. The molecule has 3 aromatic heterocycles. The van der Waals surface area contributed by atoms with Crippen LogP contribution < -0.4 is 4.74 Å². The van der Waals surface area contributed by atoms with Gasteiger partial charge in [-0.15, -0.1) is 0 Å². The van der Waals surface area contributed by atoms with Crippen molar-refractivity contribution < 1.29 is 18.3 Å². The Morgan fingerprint density at radius 3 is 2.65 bits per heavy atom. The molecule has 6 nitrogen and oxygen atoms in total. The van der Waals surface area contributed by atoms with Crippen molar-refractivity contribution in [2.45, 2.75) is 64.7 Å². The summed E-state index contributed by atoms with van der Waals surface area (Å²) in [5.74, 6) is 1.68. The van der Waals surface area contributed by atoms with E-state index in [0.29, 0.717) is 24.1 Å². The predicted octanol–water partition coefficient (Wildman–Crippen LogP) is 5.55. The summed E-state index contributed by atoms with van der Waals surface area (Å²) in [6.45, 7) is 4.33. The number of carbonyl (C=O) groups is 1. The molecule has 198 valence electrons. The van der Waals surface area contributed by atoms with Gasteiger partial charge >= 0.3 is 0 Å². The van der Waals surface area contributed by atoms with Crippen LogP contribution in [0.2, 0.25) is 0 Å². The number of Topliss-reactive ketones (excluding diaryl/α,β-unsaturated/α-hetero) is 1. The van der Waals surface area contributed by atoms with Crippen LogP contribution in [0.5, 0.6) is 5.88 Å². The lowest BCUT2D eigenvalue weighted by molar-refractivity contribution is 0.0794. The number of pyridine rings is 2. The molecule has 0 N–H and O–H groups in total. The number of ether oxygens (including phenoxy) is 1. The first-order valence-electron chi connectivity index (χ1n) is 13.5. The number of aromatic nitrogens is 3. The van der Waals surface area contributed by atoms with Crippen LogP contribution in [0.1, 0.15) is 66.0 Å². The molecule has 0 bridgehead atoms. The van der Waals surface area contributed by atoms with Gasteiger partial charge in [0.15, 0.2) is 12.4 Å². The largest absolute Gasteiger partial charge is 0.472 e. The highest BCUT2D eigenvalue weighted by Crippen LogP contribution is 2.33. The van der Waals surface area contributed by atoms with Crippen molar-refractivity contribution >= 4 is 11.4 Å². The highest BCUT2D eigenvalue weighted by molar-refractivity contribution is 5.95. The minimum Gasteiger partial charge on any atom is -0.472 e. The molecule has 1 aliphatic carbocycles. The predicted molar refractivity (Wildman–Crippen MR) is 139 cm³/mol. The lowest BCUT2D eigenvalue weighted by Gasteiger charge is -2.30. The van der Waals surface area contributed by atoms with Gasteiger partial charge in [-0.1, -0.05) is 25.0 Å². The SMILES string of the molecule is Cc1cn2c(C(=O)CC3CCC(CCN4CCc5ccc(OCC(F)F)nc5CC4)CC3)cccc2n1. The first kappa shape index (κ1) is 25.8. The molecular formula is C29H36F2N4O2. The molecule has 1 saturated carbocycles. The molecule has 0 spiro atoms.